The minimum absolute atomic E-state index is 0.0700. The largest absolute Gasteiger partial charge is 0.462 e. The topological polar surface area (TPSA) is 78.9 Å². The fourth-order valence-electron chi connectivity index (χ4n) is 4.15. The fourth-order valence-corrected chi connectivity index (χ4v) is 4.15. The van der Waals surface area contributed by atoms with Crippen molar-refractivity contribution < 1.29 is 28.6 Å². The van der Waals surface area contributed by atoms with E-state index in [2.05, 4.69) is 27.7 Å². The summed E-state index contributed by atoms with van der Waals surface area (Å²) in [6.07, 6.45) is 18.8. The molecule has 0 radical (unpaired) electrons. The second-order valence-corrected chi connectivity index (χ2v) is 10.9. The smallest absolute Gasteiger partial charge is 0.306 e. The number of rotatable bonds is 26. The third-order valence-corrected chi connectivity index (χ3v) is 6.54. The minimum atomic E-state index is -0.753. The Morgan fingerprint density at radius 2 is 0.892 bits per heavy atom. The van der Waals surface area contributed by atoms with E-state index in [1.165, 1.54) is 38.5 Å². The summed E-state index contributed by atoms with van der Waals surface area (Å²) in [6.45, 7) is 8.68. The first kappa shape index (κ1) is 35.4. The van der Waals surface area contributed by atoms with E-state index in [0.717, 1.165) is 76.5 Å². The highest BCUT2D eigenvalue weighted by molar-refractivity contribution is 5.71. The number of hydrogen-bond acceptors (Lipinski definition) is 6. The van der Waals surface area contributed by atoms with Gasteiger partial charge in [0.2, 0.25) is 0 Å². The van der Waals surface area contributed by atoms with Crippen molar-refractivity contribution in [1.29, 1.82) is 0 Å². The molecule has 0 saturated heterocycles. The predicted octanol–water partition coefficient (Wildman–Crippen LogP) is 8.48. The van der Waals surface area contributed by atoms with Crippen molar-refractivity contribution in [2.45, 2.75) is 162 Å². The Balaban J connectivity index is 4.31. The van der Waals surface area contributed by atoms with E-state index in [1.807, 2.05) is 0 Å². The maximum atomic E-state index is 12.3. The van der Waals surface area contributed by atoms with Crippen LogP contribution in [0.15, 0.2) is 0 Å². The molecular weight excluding hydrogens is 468 g/mol. The van der Waals surface area contributed by atoms with Gasteiger partial charge in [-0.2, -0.15) is 0 Å². The van der Waals surface area contributed by atoms with E-state index in [0.29, 0.717) is 19.3 Å². The van der Waals surface area contributed by atoms with Crippen LogP contribution in [0.2, 0.25) is 0 Å². The van der Waals surface area contributed by atoms with Crippen molar-refractivity contribution in [2.24, 2.45) is 5.92 Å². The molecule has 0 spiro atoms. The quantitative estimate of drug-likeness (QED) is 0.0639. The van der Waals surface area contributed by atoms with Gasteiger partial charge in [0.15, 0.2) is 6.10 Å². The summed E-state index contributed by atoms with van der Waals surface area (Å²) >= 11 is 0. The molecule has 0 fully saturated rings. The Morgan fingerprint density at radius 3 is 1.32 bits per heavy atom. The van der Waals surface area contributed by atoms with Gasteiger partial charge in [0, 0.05) is 19.3 Å². The highest BCUT2D eigenvalue weighted by Crippen LogP contribution is 2.13. The molecule has 0 aliphatic rings. The maximum Gasteiger partial charge on any atom is 0.306 e. The van der Waals surface area contributed by atoms with Crippen molar-refractivity contribution in [1.82, 2.24) is 0 Å². The Bertz CT molecular complexity index is 560. The summed E-state index contributed by atoms with van der Waals surface area (Å²) in [6, 6.07) is 0. The zero-order valence-electron chi connectivity index (χ0n) is 24.7. The monoisotopic (exact) mass is 526 g/mol. The fraction of sp³-hybridized carbons (Fsp3) is 0.903. The van der Waals surface area contributed by atoms with Crippen molar-refractivity contribution >= 4 is 17.9 Å². The Hall–Kier alpha value is -1.59. The van der Waals surface area contributed by atoms with Crippen molar-refractivity contribution in [3.05, 3.63) is 0 Å². The zero-order chi connectivity index (χ0) is 27.6. The van der Waals surface area contributed by atoms with Gasteiger partial charge in [-0.05, 0) is 25.2 Å². The van der Waals surface area contributed by atoms with Crippen LogP contribution in [0.5, 0.6) is 0 Å². The molecule has 0 heterocycles. The lowest BCUT2D eigenvalue weighted by Crippen LogP contribution is -2.30. The van der Waals surface area contributed by atoms with Crippen LogP contribution in [0.1, 0.15) is 156 Å². The van der Waals surface area contributed by atoms with Crippen molar-refractivity contribution in [3.63, 3.8) is 0 Å². The number of carbonyl (C=O) groups is 3. The summed E-state index contributed by atoms with van der Waals surface area (Å²) in [5, 5.41) is 0. The van der Waals surface area contributed by atoms with Crippen LogP contribution in [0.4, 0.5) is 0 Å². The summed E-state index contributed by atoms with van der Waals surface area (Å²) < 4.78 is 16.3. The third kappa shape index (κ3) is 25.8. The van der Waals surface area contributed by atoms with Crippen LogP contribution in [0.3, 0.4) is 0 Å². The molecule has 0 bridgehead atoms. The van der Waals surface area contributed by atoms with Crippen LogP contribution in [-0.4, -0.2) is 37.2 Å². The maximum absolute atomic E-state index is 12.3. The highest BCUT2D eigenvalue weighted by atomic mass is 16.6. The average Bonchev–Trinajstić information content (AvgIpc) is 2.86. The Kier molecular flexibility index (Phi) is 24.9. The SMILES string of the molecule is CCCCCCCC(=O)OC[C@H](COC(=O)CCCCCCCCC(C)C)OC(=O)CCCCCCC. The van der Waals surface area contributed by atoms with E-state index < -0.39 is 6.10 Å². The standard InChI is InChI=1S/C31H58O6/c1-5-7-9-13-18-22-29(32)35-25-28(37-31(34)24-20-14-10-8-6-2)26-36-30(33)23-19-16-12-11-15-17-21-27(3)4/h27-28H,5-26H2,1-4H3/t28-/m1/s1. The number of hydrogen-bond donors (Lipinski definition) is 0. The Morgan fingerprint density at radius 1 is 0.514 bits per heavy atom. The molecule has 0 aromatic heterocycles. The van der Waals surface area contributed by atoms with Gasteiger partial charge < -0.3 is 14.2 Å². The number of esters is 3. The molecule has 0 unspecified atom stereocenters. The molecule has 0 aliphatic heterocycles. The molecule has 0 aromatic rings. The van der Waals surface area contributed by atoms with E-state index in [4.69, 9.17) is 14.2 Å². The van der Waals surface area contributed by atoms with Gasteiger partial charge in [0.05, 0.1) is 0 Å². The summed E-state index contributed by atoms with van der Waals surface area (Å²) in [5.74, 6) is -0.145. The molecule has 6 heteroatoms. The van der Waals surface area contributed by atoms with Crippen molar-refractivity contribution in [2.75, 3.05) is 13.2 Å². The van der Waals surface area contributed by atoms with Crippen LogP contribution >= 0.6 is 0 Å². The molecule has 0 amide bonds. The molecule has 6 nitrogen and oxygen atoms in total. The molecular formula is C31H58O6. The normalized spacial score (nSPS) is 11.9. The van der Waals surface area contributed by atoms with Crippen molar-refractivity contribution in [3.8, 4) is 0 Å². The minimum Gasteiger partial charge on any atom is -0.462 e. The molecule has 37 heavy (non-hydrogen) atoms. The lowest BCUT2D eigenvalue weighted by molar-refractivity contribution is -0.167. The Labute approximate surface area is 228 Å². The first-order valence-corrected chi connectivity index (χ1v) is 15.4. The second kappa shape index (κ2) is 26.0. The molecule has 0 aromatic carbocycles. The summed E-state index contributed by atoms with van der Waals surface area (Å²) in [7, 11) is 0. The molecule has 0 aliphatic carbocycles. The predicted molar refractivity (Wildman–Crippen MR) is 150 cm³/mol. The van der Waals surface area contributed by atoms with Gasteiger partial charge >= 0.3 is 17.9 Å². The molecule has 0 rings (SSSR count). The second-order valence-electron chi connectivity index (χ2n) is 10.9. The van der Waals surface area contributed by atoms with Gasteiger partial charge in [-0.3, -0.25) is 14.4 Å². The van der Waals surface area contributed by atoms with E-state index in [9.17, 15) is 14.4 Å². The lowest BCUT2D eigenvalue weighted by Gasteiger charge is -2.18. The van der Waals surface area contributed by atoms with Gasteiger partial charge in [-0.25, -0.2) is 0 Å². The zero-order valence-corrected chi connectivity index (χ0v) is 24.7. The number of ether oxygens (including phenoxy) is 3. The van der Waals surface area contributed by atoms with E-state index >= 15 is 0 Å². The number of carbonyl (C=O) groups excluding carboxylic acids is 3. The average molecular weight is 527 g/mol. The first-order valence-electron chi connectivity index (χ1n) is 15.4. The van der Waals surface area contributed by atoms with Gasteiger partial charge in [-0.1, -0.05) is 118 Å². The lowest BCUT2D eigenvalue weighted by atomic mass is 10.0. The molecule has 218 valence electrons. The number of unbranched alkanes of at least 4 members (excludes halogenated alkanes) is 13. The van der Waals surface area contributed by atoms with Crippen LogP contribution in [-0.2, 0) is 28.6 Å². The van der Waals surface area contributed by atoms with Crippen LogP contribution in [0, 0.1) is 5.92 Å². The molecule has 1 atom stereocenters. The molecule has 0 saturated carbocycles. The third-order valence-electron chi connectivity index (χ3n) is 6.54. The summed E-state index contributed by atoms with van der Waals surface area (Å²) in [4.78, 5) is 36.6. The van der Waals surface area contributed by atoms with Gasteiger partial charge in [0.1, 0.15) is 13.2 Å². The van der Waals surface area contributed by atoms with Gasteiger partial charge in [0.25, 0.3) is 0 Å². The summed E-state index contributed by atoms with van der Waals surface area (Å²) in [5.41, 5.74) is 0. The van der Waals surface area contributed by atoms with Crippen LogP contribution < -0.4 is 0 Å². The highest BCUT2D eigenvalue weighted by Gasteiger charge is 2.19. The first-order chi connectivity index (χ1) is 17.9. The van der Waals surface area contributed by atoms with Crippen LogP contribution in [0.25, 0.3) is 0 Å². The van der Waals surface area contributed by atoms with Gasteiger partial charge in [-0.15, -0.1) is 0 Å². The van der Waals surface area contributed by atoms with E-state index in [-0.39, 0.29) is 31.1 Å². The van der Waals surface area contributed by atoms with E-state index in [1.54, 1.807) is 0 Å². The molecule has 0 N–H and O–H groups in total.